The molecule has 8 nitrogen and oxygen atoms in total. The number of hydrogen-bond donors (Lipinski definition) is 2. The first kappa shape index (κ1) is 42.0. The van der Waals surface area contributed by atoms with Gasteiger partial charge in [0.1, 0.15) is 15.8 Å². The Balaban J connectivity index is 1.58. The van der Waals surface area contributed by atoms with Crippen LogP contribution in [0, 0.1) is 0 Å². The lowest BCUT2D eigenvalue weighted by atomic mass is 9.76. The molecule has 1 heterocycles. The topological polar surface area (TPSA) is 86.3 Å². The average Bonchev–Trinajstić information content (AvgIpc) is 3.37. The average molecular weight is 826 g/mol. The van der Waals surface area contributed by atoms with Crippen molar-refractivity contribution in [2.75, 3.05) is 29.7 Å². The van der Waals surface area contributed by atoms with Gasteiger partial charge in [0.2, 0.25) is 0 Å². The van der Waals surface area contributed by atoms with Crippen LogP contribution in [0.1, 0.15) is 78.9 Å². The lowest BCUT2D eigenvalue weighted by molar-refractivity contribution is -0.123. The Bertz CT molecular complexity index is 1860. The summed E-state index contributed by atoms with van der Waals surface area (Å²) in [4.78, 5) is 29.1. The predicted molar refractivity (Wildman–Crippen MR) is 226 cm³/mol. The highest BCUT2D eigenvalue weighted by atomic mass is 35.5. The van der Waals surface area contributed by atoms with Crippen molar-refractivity contribution in [3.05, 3.63) is 79.7 Å². The number of thiocarbonyl (C=S) groups is 1. The Kier molecular flexibility index (Phi) is 13.9. The minimum absolute atomic E-state index is 0.00897. The molecular formula is C38H45Cl4N5O3S2. The molecule has 0 aromatic heterocycles. The minimum Gasteiger partial charge on any atom is -0.480 e. The molecule has 2 atom stereocenters. The molecule has 1 aliphatic rings. The maximum Gasteiger partial charge on any atom is 0.268 e. The Labute approximate surface area is 336 Å². The molecule has 3 aromatic carbocycles. The van der Waals surface area contributed by atoms with Gasteiger partial charge >= 0.3 is 0 Å². The molecule has 2 amide bonds. The number of carbonyl (C=O) groups is 2. The van der Waals surface area contributed by atoms with E-state index in [2.05, 4.69) is 69.4 Å². The molecule has 4 rings (SSSR count). The standard InChI is InChI=1S/C38H45Cl4N5O3S2/c1-10-29(50-30-16-13-21(37(4,5)11-2)17-24(30)38(6,7)12-3)34(48)43-23-14-15-28(25(40)20-23)44-33-32(52-36(51)46(8)9)35(49)47(45-33)31-26(41)18-22(39)19-27(31)42/h13-20,29,32H,10-12H2,1-9H3,(H,43,48)(H,44,45). The summed E-state index contributed by atoms with van der Waals surface area (Å²) in [6.45, 7) is 15.1. The van der Waals surface area contributed by atoms with Crippen molar-refractivity contribution in [3.8, 4) is 5.75 Å². The molecule has 3 aromatic rings. The molecule has 0 saturated carbocycles. The second kappa shape index (κ2) is 17.2. The number of nitrogens with one attached hydrogen (secondary N) is 2. The van der Waals surface area contributed by atoms with Crippen LogP contribution in [0.5, 0.6) is 5.75 Å². The SMILES string of the molecule is CCC(Oc1ccc(C(C)(C)CC)cc1C(C)(C)CC)C(=O)Nc1ccc(NC2=NN(c3c(Cl)cc(Cl)cc3Cl)C(=O)C2SC(=S)N(C)C)c(Cl)c1. The molecule has 280 valence electrons. The van der Waals surface area contributed by atoms with Crippen molar-refractivity contribution in [3.63, 3.8) is 0 Å². The number of rotatable bonds is 12. The molecule has 0 radical (unpaired) electrons. The number of hydrogen-bond acceptors (Lipinski definition) is 7. The number of ether oxygens (including phenoxy) is 1. The van der Waals surface area contributed by atoms with Crippen molar-refractivity contribution in [2.45, 2.75) is 89.9 Å². The molecule has 1 aliphatic heterocycles. The predicted octanol–water partition coefficient (Wildman–Crippen LogP) is 11.2. The molecule has 0 aliphatic carbocycles. The van der Waals surface area contributed by atoms with Crippen molar-refractivity contribution in [2.24, 2.45) is 5.10 Å². The van der Waals surface area contributed by atoms with Gasteiger partial charge in [-0.15, -0.1) is 5.10 Å². The highest BCUT2D eigenvalue weighted by molar-refractivity contribution is 8.24. The zero-order valence-corrected chi connectivity index (χ0v) is 35.4. The second-order valence-corrected chi connectivity index (χ2v) is 17.4. The first-order valence-corrected chi connectivity index (χ1v) is 19.8. The zero-order chi connectivity index (χ0) is 38.7. The maximum absolute atomic E-state index is 13.7. The summed E-state index contributed by atoms with van der Waals surface area (Å²) in [6.07, 6.45) is 1.61. The summed E-state index contributed by atoms with van der Waals surface area (Å²) >= 11 is 32.4. The highest BCUT2D eigenvalue weighted by Gasteiger charge is 2.41. The Hall–Kier alpha value is -2.73. The fourth-order valence-electron chi connectivity index (χ4n) is 5.25. The third-order valence-corrected chi connectivity index (χ3v) is 12.3. The molecule has 14 heteroatoms. The first-order valence-electron chi connectivity index (χ1n) is 17.0. The molecular weight excluding hydrogens is 780 g/mol. The molecule has 0 fully saturated rings. The van der Waals surface area contributed by atoms with Gasteiger partial charge in [0.25, 0.3) is 11.8 Å². The Morgan fingerprint density at radius 1 is 0.962 bits per heavy atom. The lowest BCUT2D eigenvalue weighted by Crippen LogP contribution is -2.35. The van der Waals surface area contributed by atoms with Gasteiger partial charge in [0.15, 0.2) is 17.2 Å². The summed E-state index contributed by atoms with van der Waals surface area (Å²) in [7, 11) is 3.58. The number of benzene rings is 3. The van der Waals surface area contributed by atoms with Crippen molar-refractivity contribution in [1.82, 2.24) is 4.90 Å². The van der Waals surface area contributed by atoms with Crippen molar-refractivity contribution < 1.29 is 14.3 Å². The molecule has 2 unspecified atom stereocenters. The van der Waals surface area contributed by atoms with Gasteiger partial charge in [-0.1, -0.05) is 131 Å². The quantitative estimate of drug-likeness (QED) is 0.176. The van der Waals surface area contributed by atoms with E-state index in [0.29, 0.717) is 32.9 Å². The molecule has 0 bridgehead atoms. The number of halogens is 4. The molecule has 0 saturated heterocycles. The van der Waals surface area contributed by atoms with Gasteiger partial charge in [-0.05, 0) is 72.1 Å². The number of amides is 2. The monoisotopic (exact) mass is 823 g/mol. The van der Waals surface area contributed by atoms with Gasteiger partial charge in [0, 0.05) is 30.4 Å². The summed E-state index contributed by atoms with van der Waals surface area (Å²) in [5.41, 5.74) is 3.29. The maximum atomic E-state index is 13.7. The third kappa shape index (κ3) is 9.49. The van der Waals surface area contributed by atoms with E-state index in [4.69, 9.17) is 63.4 Å². The normalized spacial score (nSPS) is 15.3. The molecule has 0 spiro atoms. The van der Waals surface area contributed by atoms with Crippen LogP contribution in [0.15, 0.2) is 53.6 Å². The third-order valence-electron chi connectivity index (χ3n) is 9.36. The van der Waals surface area contributed by atoms with E-state index in [9.17, 15) is 9.59 Å². The Morgan fingerprint density at radius 3 is 2.15 bits per heavy atom. The van der Waals surface area contributed by atoms with E-state index >= 15 is 0 Å². The van der Waals surface area contributed by atoms with E-state index in [-0.39, 0.29) is 43.3 Å². The van der Waals surface area contributed by atoms with Gasteiger partial charge in [-0.2, -0.15) is 5.01 Å². The van der Waals surface area contributed by atoms with Gasteiger partial charge in [-0.3, -0.25) is 9.59 Å². The zero-order valence-electron chi connectivity index (χ0n) is 30.8. The first-order chi connectivity index (χ1) is 24.3. The molecule has 2 N–H and O–H groups in total. The lowest BCUT2D eigenvalue weighted by Gasteiger charge is -2.31. The van der Waals surface area contributed by atoms with Crippen LogP contribution in [0.3, 0.4) is 0 Å². The van der Waals surface area contributed by atoms with E-state index in [0.717, 1.165) is 35.2 Å². The van der Waals surface area contributed by atoms with E-state index < -0.39 is 17.3 Å². The number of anilines is 3. The fourth-order valence-corrected chi connectivity index (χ4v) is 7.57. The summed E-state index contributed by atoms with van der Waals surface area (Å²) < 4.78 is 6.91. The number of hydrazone groups is 1. The summed E-state index contributed by atoms with van der Waals surface area (Å²) in [6, 6.07) is 14.3. The van der Waals surface area contributed by atoms with E-state index in [1.54, 1.807) is 37.2 Å². The van der Waals surface area contributed by atoms with Crippen molar-refractivity contribution in [1.29, 1.82) is 0 Å². The van der Waals surface area contributed by atoms with E-state index in [1.165, 1.54) is 17.7 Å². The van der Waals surface area contributed by atoms with E-state index in [1.807, 2.05) is 13.0 Å². The van der Waals surface area contributed by atoms with Crippen LogP contribution in [0.2, 0.25) is 20.1 Å². The van der Waals surface area contributed by atoms with Crippen LogP contribution in [-0.2, 0) is 20.4 Å². The van der Waals surface area contributed by atoms with Crippen LogP contribution >= 0.6 is 70.4 Å². The number of thioether (sulfide) groups is 1. The van der Waals surface area contributed by atoms with Crippen LogP contribution in [0.4, 0.5) is 17.1 Å². The highest BCUT2D eigenvalue weighted by Crippen LogP contribution is 2.41. The van der Waals surface area contributed by atoms with Gasteiger partial charge < -0.3 is 20.3 Å². The van der Waals surface area contributed by atoms with Crippen LogP contribution in [0.25, 0.3) is 0 Å². The smallest absolute Gasteiger partial charge is 0.268 e. The largest absolute Gasteiger partial charge is 0.480 e. The second-order valence-electron chi connectivity index (χ2n) is 14.0. The Morgan fingerprint density at radius 2 is 1.60 bits per heavy atom. The number of carbonyl (C=O) groups excluding carboxylic acids is 2. The van der Waals surface area contributed by atoms with Crippen LogP contribution < -0.4 is 20.4 Å². The van der Waals surface area contributed by atoms with Gasteiger partial charge in [-0.25, -0.2) is 0 Å². The number of nitrogens with zero attached hydrogens (tertiary/aromatic N) is 3. The fraction of sp³-hybridized carbons (Fsp3) is 0.421. The minimum atomic E-state index is -0.861. The summed E-state index contributed by atoms with van der Waals surface area (Å²) in [5.74, 6) is 0.246. The molecule has 52 heavy (non-hydrogen) atoms. The van der Waals surface area contributed by atoms with Crippen molar-refractivity contribution >= 4 is 109 Å². The van der Waals surface area contributed by atoms with Crippen LogP contribution in [-0.4, -0.2) is 52.3 Å². The summed E-state index contributed by atoms with van der Waals surface area (Å²) in [5, 5.41) is 11.9. The van der Waals surface area contributed by atoms with Gasteiger partial charge in [0.05, 0.1) is 20.8 Å². The number of amidine groups is 1.